The first-order chi connectivity index (χ1) is 14.3. The van der Waals surface area contributed by atoms with Crippen LogP contribution in [0.15, 0.2) is 89.8 Å². The Hall–Kier alpha value is -4.26. The van der Waals surface area contributed by atoms with Gasteiger partial charge < -0.3 is 9.73 Å². The van der Waals surface area contributed by atoms with Gasteiger partial charge in [0, 0.05) is 11.1 Å². The van der Waals surface area contributed by atoms with Crippen molar-refractivity contribution in [3.63, 3.8) is 0 Å². The maximum absolute atomic E-state index is 13.1. The summed E-state index contributed by atoms with van der Waals surface area (Å²) in [6.07, 6.45) is 4.81. The van der Waals surface area contributed by atoms with Crippen LogP contribution in [-0.4, -0.2) is 25.9 Å². The second-order valence-electron chi connectivity index (χ2n) is 6.37. The average molecular weight is 381 g/mol. The number of furan rings is 1. The third kappa shape index (κ3) is 3.25. The van der Waals surface area contributed by atoms with Crippen molar-refractivity contribution < 1.29 is 9.21 Å². The van der Waals surface area contributed by atoms with Crippen molar-refractivity contribution in [1.29, 1.82) is 0 Å². The van der Waals surface area contributed by atoms with Crippen molar-refractivity contribution in [3.05, 3.63) is 91.0 Å². The van der Waals surface area contributed by atoms with Gasteiger partial charge in [-0.05, 0) is 48.5 Å². The molecule has 0 bridgehead atoms. The highest BCUT2D eigenvalue weighted by molar-refractivity contribution is 6.13. The number of nitrogens with zero attached hydrogens (tertiary/aromatic N) is 4. The molecule has 0 saturated heterocycles. The zero-order valence-electron chi connectivity index (χ0n) is 15.2. The molecular formula is C22H15N5O2. The van der Waals surface area contributed by atoms with E-state index in [0.29, 0.717) is 22.7 Å². The number of hydrogen-bond acceptors (Lipinski definition) is 5. The number of anilines is 1. The highest BCUT2D eigenvalue weighted by atomic mass is 16.3. The maximum atomic E-state index is 13.1. The van der Waals surface area contributed by atoms with Crippen molar-refractivity contribution in [1.82, 2.24) is 20.0 Å². The number of nitrogens with one attached hydrogen (secondary N) is 1. The number of aromatic nitrogens is 4. The molecular weight excluding hydrogens is 366 g/mol. The zero-order chi connectivity index (χ0) is 19.6. The monoisotopic (exact) mass is 381 g/mol. The summed E-state index contributed by atoms with van der Waals surface area (Å²) in [4.78, 5) is 19.2. The van der Waals surface area contributed by atoms with Crippen LogP contribution >= 0.6 is 0 Å². The number of carbonyl (C=O) groups is 1. The molecule has 1 N–H and O–H groups in total. The fourth-order valence-electron chi connectivity index (χ4n) is 3.14. The van der Waals surface area contributed by atoms with Gasteiger partial charge in [-0.3, -0.25) is 4.79 Å². The van der Waals surface area contributed by atoms with Crippen molar-refractivity contribution in [3.8, 4) is 17.1 Å². The minimum atomic E-state index is -0.221. The molecule has 3 heterocycles. The summed E-state index contributed by atoms with van der Waals surface area (Å²) in [7, 11) is 0. The molecule has 7 heteroatoms. The van der Waals surface area contributed by atoms with Crippen molar-refractivity contribution in [2.45, 2.75) is 0 Å². The van der Waals surface area contributed by atoms with Crippen LogP contribution in [0.2, 0.25) is 0 Å². The number of para-hydroxylation sites is 1. The Kier molecular flexibility index (Phi) is 4.10. The number of hydrogen-bond donors (Lipinski definition) is 1. The minimum absolute atomic E-state index is 0.221. The molecule has 2 aromatic carbocycles. The van der Waals surface area contributed by atoms with E-state index in [9.17, 15) is 4.79 Å². The number of rotatable bonds is 4. The van der Waals surface area contributed by atoms with Gasteiger partial charge in [-0.1, -0.05) is 18.2 Å². The Bertz CT molecular complexity index is 1280. The summed E-state index contributed by atoms with van der Waals surface area (Å²) in [6, 6.07) is 20.2. The summed E-state index contributed by atoms with van der Waals surface area (Å²) in [6.45, 7) is 0. The summed E-state index contributed by atoms with van der Waals surface area (Å²) in [5.41, 5.74) is 3.35. The van der Waals surface area contributed by atoms with Gasteiger partial charge in [-0.2, -0.15) is 15.0 Å². The molecule has 1 amide bonds. The van der Waals surface area contributed by atoms with Gasteiger partial charge >= 0.3 is 0 Å². The molecule has 0 saturated carbocycles. The van der Waals surface area contributed by atoms with Crippen molar-refractivity contribution in [2.24, 2.45) is 0 Å². The van der Waals surface area contributed by atoms with E-state index in [2.05, 4.69) is 20.5 Å². The number of amides is 1. The van der Waals surface area contributed by atoms with Crippen LogP contribution in [0, 0.1) is 0 Å². The maximum Gasteiger partial charge on any atom is 0.256 e. The van der Waals surface area contributed by atoms with Crippen LogP contribution in [-0.2, 0) is 0 Å². The molecule has 0 unspecified atom stereocenters. The van der Waals surface area contributed by atoms with Gasteiger partial charge in [0.2, 0.25) is 0 Å². The van der Waals surface area contributed by atoms with Crippen LogP contribution in [0.4, 0.5) is 5.69 Å². The lowest BCUT2D eigenvalue weighted by Gasteiger charge is -2.10. The van der Waals surface area contributed by atoms with Crippen LogP contribution < -0.4 is 5.32 Å². The predicted octanol–water partition coefficient (Wildman–Crippen LogP) is 4.33. The Morgan fingerprint density at radius 3 is 2.48 bits per heavy atom. The van der Waals surface area contributed by atoms with Gasteiger partial charge in [-0.25, -0.2) is 4.98 Å². The SMILES string of the molecule is O=C(Nc1ccc(-n2nccn2)cc1)c1cc(-c2ccco2)nc2ccccc12. The lowest BCUT2D eigenvalue weighted by atomic mass is 10.1. The number of carbonyl (C=O) groups excluding carboxylic acids is 1. The van der Waals surface area contributed by atoms with Gasteiger partial charge in [0.05, 0.1) is 35.4 Å². The molecule has 0 fully saturated rings. The molecule has 5 rings (SSSR count). The molecule has 0 spiro atoms. The second kappa shape index (κ2) is 7.05. The Morgan fingerprint density at radius 1 is 0.931 bits per heavy atom. The largest absolute Gasteiger partial charge is 0.463 e. The minimum Gasteiger partial charge on any atom is -0.463 e. The van der Waals surface area contributed by atoms with E-state index in [4.69, 9.17) is 4.42 Å². The summed E-state index contributed by atoms with van der Waals surface area (Å²) >= 11 is 0. The summed E-state index contributed by atoms with van der Waals surface area (Å²) in [5, 5.41) is 11.9. The Balaban J connectivity index is 1.49. The molecule has 0 aliphatic carbocycles. The van der Waals surface area contributed by atoms with E-state index in [0.717, 1.165) is 16.6 Å². The summed E-state index contributed by atoms with van der Waals surface area (Å²) < 4.78 is 5.46. The number of pyridine rings is 1. The smallest absolute Gasteiger partial charge is 0.256 e. The second-order valence-corrected chi connectivity index (χ2v) is 6.37. The molecule has 3 aromatic heterocycles. The van der Waals surface area contributed by atoms with Gasteiger partial charge in [0.1, 0.15) is 5.69 Å². The lowest BCUT2D eigenvalue weighted by Crippen LogP contribution is -2.13. The van der Waals surface area contributed by atoms with E-state index < -0.39 is 0 Å². The average Bonchev–Trinajstić information content (AvgIpc) is 3.48. The number of benzene rings is 2. The van der Waals surface area contributed by atoms with Crippen molar-refractivity contribution >= 4 is 22.5 Å². The molecule has 0 aliphatic rings. The molecule has 0 radical (unpaired) electrons. The van der Waals surface area contributed by atoms with E-state index >= 15 is 0 Å². The van der Waals surface area contributed by atoms with E-state index in [-0.39, 0.29) is 5.91 Å². The van der Waals surface area contributed by atoms with Crippen LogP contribution in [0.1, 0.15) is 10.4 Å². The first-order valence-electron chi connectivity index (χ1n) is 9.00. The fourth-order valence-corrected chi connectivity index (χ4v) is 3.14. The van der Waals surface area contributed by atoms with Crippen LogP contribution in [0.25, 0.3) is 28.0 Å². The molecule has 0 aliphatic heterocycles. The third-order valence-corrected chi connectivity index (χ3v) is 4.51. The first-order valence-corrected chi connectivity index (χ1v) is 9.00. The van der Waals surface area contributed by atoms with Gasteiger partial charge in [0.25, 0.3) is 5.91 Å². The topological polar surface area (TPSA) is 85.8 Å². The third-order valence-electron chi connectivity index (χ3n) is 4.51. The van der Waals surface area contributed by atoms with Gasteiger partial charge in [-0.15, -0.1) is 0 Å². The van der Waals surface area contributed by atoms with E-state index in [1.54, 1.807) is 30.8 Å². The Morgan fingerprint density at radius 2 is 1.72 bits per heavy atom. The van der Waals surface area contributed by atoms with E-state index in [1.165, 1.54) is 4.80 Å². The van der Waals surface area contributed by atoms with Crippen LogP contribution in [0.3, 0.4) is 0 Å². The molecule has 5 aromatic rings. The molecule has 29 heavy (non-hydrogen) atoms. The number of fused-ring (bicyclic) bond motifs is 1. The normalized spacial score (nSPS) is 10.9. The molecule has 0 atom stereocenters. The van der Waals surface area contributed by atoms with Crippen LogP contribution in [0.5, 0.6) is 0 Å². The zero-order valence-corrected chi connectivity index (χ0v) is 15.2. The first kappa shape index (κ1) is 16.9. The molecule has 140 valence electrons. The fraction of sp³-hybridized carbons (Fsp3) is 0. The highest BCUT2D eigenvalue weighted by Crippen LogP contribution is 2.26. The highest BCUT2D eigenvalue weighted by Gasteiger charge is 2.15. The lowest BCUT2D eigenvalue weighted by molar-refractivity contribution is 0.102. The predicted molar refractivity (Wildman–Crippen MR) is 109 cm³/mol. The van der Waals surface area contributed by atoms with E-state index in [1.807, 2.05) is 54.6 Å². The standard InChI is InChI=1S/C22H15N5O2/c28-22(25-15-7-9-16(10-8-15)27-23-11-12-24-27)18-14-20(21-6-3-13-29-21)26-19-5-2-1-4-17(18)19/h1-14H,(H,25,28). The van der Waals surface area contributed by atoms with Gasteiger partial charge in [0.15, 0.2) is 5.76 Å². The Labute approximate surface area is 165 Å². The quantitative estimate of drug-likeness (QED) is 0.501. The summed E-state index contributed by atoms with van der Waals surface area (Å²) in [5.74, 6) is 0.391. The van der Waals surface area contributed by atoms with Crippen molar-refractivity contribution in [2.75, 3.05) is 5.32 Å². The molecule has 7 nitrogen and oxygen atoms in total.